The van der Waals surface area contributed by atoms with E-state index in [1.54, 1.807) is 0 Å². The number of alkyl carbamates (subject to hydrolysis) is 1. The molecule has 0 rings (SSSR count). The summed E-state index contributed by atoms with van der Waals surface area (Å²) in [6, 6.07) is 0. The van der Waals surface area contributed by atoms with Gasteiger partial charge in [0.2, 0.25) is 0 Å². The number of carbonyl (C=O) groups excluding carboxylic acids is 1. The Hall–Kier alpha value is -0.980. The van der Waals surface area contributed by atoms with Crippen molar-refractivity contribution in [3.05, 3.63) is 0 Å². The molecule has 0 aliphatic rings. The molecular formula is C8H14F3NO3. The van der Waals surface area contributed by atoms with E-state index in [0.29, 0.717) is 6.42 Å². The number of carbonyl (C=O) groups is 1. The Labute approximate surface area is 85.4 Å². The first-order chi connectivity index (χ1) is 6.85. The Bertz CT molecular complexity index is 196. The summed E-state index contributed by atoms with van der Waals surface area (Å²) >= 11 is 0. The van der Waals surface area contributed by atoms with Crippen LogP contribution < -0.4 is 5.32 Å². The minimum absolute atomic E-state index is 0.107. The van der Waals surface area contributed by atoms with Crippen molar-refractivity contribution in [1.29, 1.82) is 0 Å². The molecule has 0 aromatic heterocycles. The molecule has 0 heterocycles. The number of alkyl halides is 3. The van der Waals surface area contributed by atoms with E-state index in [2.05, 4.69) is 4.74 Å². The molecule has 0 fully saturated rings. The highest BCUT2D eigenvalue weighted by atomic mass is 19.4. The Morgan fingerprint density at radius 3 is 2.60 bits per heavy atom. The van der Waals surface area contributed by atoms with Crippen LogP contribution in [-0.2, 0) is 4.74 Å². The van der Waals surface area contributed by atoms with Crippen molar-refractivity contribution < 1.29 is 27.8 Å². The summed E-state index contributed by atoms with van der Waals surface area (Å²) in [7, 11) is 0. The molecule has 0 saturated carbocycles. The predicted octanol–water partition coefficient (Wildman–Crippen LogP) is 1.44. The van der Waals surface area contributed by atoms with Gasteiger partial charge in [0.25, 0.3) is 0 Å². The fourth-order valence-electron chi connectivity index (χ4n) is 0.835. The molecule has 90 valence electrons. The van der Waals surface area contributed by atoms with Crippen LogP contribution in [0.1, 0.15) is 19.8 Å². The van der Waals surface area contributed by atoms with E-state index in [0.717, 1.165) is 6.42 Å². The molecule has 0 radical (unpaired) electrons. The summed E-state index contributed by atoms with van der Waals surface area (Å²) in [5.41, 5.74) is 0. The smallest absolute Gasteiger partial charge is 0.422 e. The monoisotopic (exact) mass is 229 g/mol. The van der Waals surface area contributed by atoms with Crippen LogP contribution in [0.2, 0.25) is 0 Å². The molecule has 0 aliphatic carbocycles. The number of ether oxygens (including phenoxy) is 1. The first-order valence-electron chi connectivity index (χ1n) is 4.50. The van der Waals surface area contributed by atoms with Gasteiger partial charge in [-0.05, 0) is 6.42 Å². The Kier molecular flexibility index (Phi) is 6.07. The fourth-order valence-corrected chi connectivity index (χ4v) is 0.835. The van der Waals surface area contributed by atoms with Gasteiger partial charge in [0.15, 0.2) is 6.61 Å². The summed E-state index contributed by atoms with van der Waals surface area (Å²) < 4.78 is 38.6. The van der Waals surface area contributed by atoms with Gasteiger partial charge in [-0.25, -0.2) is 4.79 Å². The topological polar surface area (TPSA) is 58.6 Å². The third-order valence-corrected chi connectivity index (χ3v) is 1.47. The van der Waals surface area contributed by atoms with Crippen molar-refractivity contribution in [2.24, 2.45) is 0 Å². The third-order valence-electron chi connectivity index (χ3n) is 1.47. The number of nitrogens with one attached hydrogen (secondary N) is 1. The second-order valence-corrected chi connectivity index (χ2v) is 3.01. The van der Waals surface area contributed by atoms with Crippen molar-refractivity contribution in [3.8, 4) is 0 Å². The quantitative estimate of drug-likeness (QED) is 0.749. The zero-order chi connectivity index (χ0) is 11.9. The number of hydrogen-bond acceptors (Lipinski definition) is 3. The average molecular weight is 229 g/mol. The van der Waals surface area contributed by atoms with Crippen LogP contribution >= 0.6 is 0 Å². The minimum atomic E-state index is -4.53. The highest BCUT2D eigenvalue weighted by Crippen LogP contribution is 2.14. The highest BCUT2D eigenvalue weighted by molar-refractivity contribution is 5.67. The molecule has 7 heteroatoms. The van der Waals surface area contributed by atoms with E-state index in [1.807, 2.05) is 12.2 Å². The molecule has 1 amide bonds. The van der Waals surface area contributed by atoms with Crippen molar-refractivity contribution >= 4 is 6.09 Å². The predicted molar refractivity (Wildman–Crippen MR) is 46.3 cm³/mol. The van der Waals surface area contributed by atoms with E-state index in [4.69, 9.17) is 5.11 Å². The van der Waals surface area contributed by atoms with Gasteiger partial charge in [-0.1, -0.05) is 13.3 Å². The van der Waals surface area contributed by atoms with Crippen LogP contribution in [0.15, 0.2) is 0 Å². The molecule has 0 bridgehead atoms. The lowest BCUT2D eigenvalue weighted by atomic mass is 10.2. The van der Waals surface area contributed by atoms with Crippen molar-refractivity contribution in [2.75, 3.05) is 13.2 Å². The molecule has 0 aromatic rings. The fraction of sp³-hybridized carbons (Fsp3) is 0.875. The molecule has 0 aromatic carbocycles. The van der Waals surface area contributed by atoms with Crippen LogP contribution in [0, 0.1) is 0 Å². The SMILES string of the molecule is CCCC(O)CNC(=O)OCC(F)(F)F. The molecule has 4 nitrogen and oxygen atoms in total. The molecular weight excluding hydrogens is 215 g/mol. The number of aliphatic hydroxyl groups excluding tert-OH is 1. The molecule has 15 heavy (non-hydrogen) atoms. The van der Waals surface area contributed by atoms with Crippen LogP contribution in [-0.4, -0.2) is 36.6 Å². The Morgan fingerprint density at radius 1 is 1.53 bits per heavy atom. The van der Waals surface area contributed by atoms with Crippen molar-refractivity contribution in [2.45, 2.75) is 32.0 Å². The molecule has 1 unspecified atom stereocenters. The number of hydrogen-bond donors (Lipinski definition) is 2. The lowest BCUT2D eigenvalue weighted by Gasteiger charge is -2.11. The first-order valence-corrected chi connectivity index (χ1v) is 4.50. The van der Waals surface area contributed by atoms with Crippen LogP contribution in [0.3, 0.4) is 0 Å². The zero-order valence-electron chi connectivity index (χ0n) is 8.30. The molecule has 0 spiro atoms. The summed E-state index contributed by atoms with van der Waals surface area (Å²) in [6.07, 6.45) is -5.27. The standard InChI is InChI=1S/C8H14F3NO3/c1-2-3-6(13)4-12-7(14)15-5-8(9,10)11/h6,13H,2-5H2,1H3,(H,12,14). The Morgan fingerprint density at radius 2 is 2.13 bits per heavy atom. The first kappa shape index (κ1) is 14.0. The van der Waals surface area contributed by atoms with Gasteiger partial charge in [0.05, 0.1) is 6.10 Å². The van der Waals surface area contributed by atoms with Crippen LogP contribution in [0.4, 0.5) is 18.0 Å². The lowest BCUT2D eigenvalue weighted by molar-refractivity contribution is -0.160. The normalized spacial score (nSPS) is 13.4. The molecule has 0 saturated heterocycles. The Balaban J connectivity index is 3.58. The van der Waals surface area contributed by atoms with Gasteiger partial charge in [-0.15, -0.1) is 0 Å². The van der Waals surface area contributed by atoms with E-state index in [9.17, 15) is 18.0 Å². The van der Waals surface area contributed by atoms with E-state index < -0.39 is 25.0 Å². The van der Waals surface area contributed by atoms with E-state index >= 15 is 0 Å². The van der Waals surface area contributed by atoms with Gasteiger partial charge in [0.1, 0.15) is 0 Å². The summed E-state index contributed by atoms with van der Waals surface area (Å²) in [5, 5.41) is 11.2. The maximum absolute atomic E-state index is 11.6. The van der Waals surface area contributed by atoms with Gasteiger partial charge in [-0.3, -0.25) is 0 Å². The minimum Gasteiger partial charge on any atom is -0.440 e. The maximum atomic E-state index is 11.6. The van der Waals surface area contributed by atoms with Crippen LogP contribution in [0.5, 0.6) is 0 Å². The number of amides is 1. The lowest BCUT2D eigenvalue weighted by Crippen LogP contribution is -2.34. The number of halogens is 3. The van der Waals surface area contributed by atoms with Gasteiger partial charge in [-0.2, -0.15) is 13.2 Å². The largest absolute Gasteiger partial charge is 0.440 e. The van der Waals surface area contributed by atoms with E-state index in [1.165, 1.54) is 0 Å². The maximum Gasteiger partial charge on any atom is 0.422 e. The van der Waals surface area contributed by atoms with Crippen LogP contribution in [0.25, 0.3) is 0 Å². The number of rotatable bonds is 5. The second-order valence-electron chi connectivity index (χ2n) is 3.01. The van der Waals surface area contributed by atoms with Crippen molar-refractivity contribution in [1.82, 2.24) is 5.32 Å². The third kappa shape index (κ3) is 9.33. The van der Waals surface area contributed by atoms with Gasteiger partial charge < -0.3 is 15.2 Å². The summed E-state index contributed by atoms with van der Waals surface area (Å²) in [4.78, 5) is 10.7. The van der Waals surface area contributed by atoms with Crippen molar-refractivity contribution in [3.63, 3.8) is 0 Å². The highest BCUT2D eigenvalue weighted by Gasteiger charge is 2.29. The molecule has 0 aliphatic heterocycles. The van der Waals surface area contributed by atoms with E-state index in [-0.39, 0.29) is 6.54 Å². The average Bonchev–Trinajstić information content (AvgIpc) is 2.11. The van der Waals surface area contributed by atoms with Gasteiger partial charge >= 0.3 is 12.3 Å². The number of aliphatic hydroxyl groups is 1. The second kappa shape index (κ2) is 6.49. The molecule has 1 atom stereocenters. The summed E-state index contributed by atoms with van der Waals surface area (Å²) in [6.45, 7) is 0.110. The summed E-state index contributed by atoms with van der Waals surface area (Å²) in [5.74, 6) is 0. The zero-order valence-corrected chi connectivity index (χ0v) is 8.30. The van der Waals surface area contributed by atoms with Gasteiger partial charge in [0, 0.05) is 6.54 Å². The molecule has 2 N–H and O–H groups in total.